The molecule has 0 aliphatic rings. The number of nitrogens with two attached hydrogens (primary N) is 1. The summed E-state index contributed by atoms with van der Waals surface area (Å²) in [4.78, 5) is 16.7. The van der Waals surface area contributed by atoms with Crippen LogP contribution in [0.1, 0.15) is 17.1 Å². The van der Waals surface area contributed by atoms with Gasteiger partial charge < -0.3 is 20.1 Å². The molecule has 0 bridgehead atoms. The van der Waals surface area contributed by atoms with E-state index in [-0.39, 0.29) is 5.69 Å². The van der Waals surface area contributed by atoms with E-state index < -0.39 is 0 Å². The van der Waals surface area contributed by atoms with Crippen LogP contribution in [0.5, 0.6) is 0 Å². The molecule has 0 amide bonds. The van der Waals surface area contributed by atoms with Crippen molar-refractivity contribution in [1.29, 1.82) is 0 Å². The maximum absolute atomic E-state index is 11.2. The fourth-order valence-corrected chi connectivity index (χ4v) is 2.18. The number of hydrogen-bond donors (Lipinski definition) is 3. The molecule has 4 N–H and O–H groups in total. The van der Waals surface area contributed by atoms with E-state index in [4.69, 9.17) is 10.2 Å². The number of furan rings is 1. The van der Waals surface area contributed by atoms with Crippen LogP contribution in [0, 0.1) is 0 Å². The van der Waals surface area contributed by atoms with Crippen molar-refractivity contribution < 1.29 is 4.42 Å². The molecule has 1 aromatic carbocycles. The van der Waals surface area contributed by atoms with E-state index in [1.807, 2.05) is 30.3 Å². The molecule has 3 rings (SSSR count). The van der Waals surface area contributed by atoms with Crippen LogP contribution in [0.4, 0.5) is 0 Å². The van der Waals surface area contributed by atoms with Gasteiger partial charge in [0.2, 0.25) is 0 Å². The third-order valence-electron chi connectivity index (χ3n) is 3.07. The Kier molecular flexibility index (Phi) is 2.97. The monoisotopic (exact) mass is 257 g/mol. The van der Waals surface area contributed by atoms with Crippen molar-refractivity contribution in [2.75, 3.05) is 6.54 Å². The number of nitrogens with one attached hydrogen (secondary N) is 2. The van der Waals surface area contributed by atoms with Gasteiger partial charge in [-0.2, -0.15) is 0 Å². The fourth-order valence-electron chi connectivity index (χ4n) is 2.18. The smallest absolute Gasteiger partial charge is 0.323 e. The predicted molar refractivity (Wildman–Crippen MR) is 73.2 cm³/mol. The van der Waals surface area contributed by atoms with Crippen LogP contribution in [-0.2, 0) is 12.8 Å². The van der Waals surface area contributed by atoms with Gasteiger partial charge in [-0.15, -0.1) is 0 Å². The summed E-state index contributed by atoms with van der Waals surface area (Å²) in [5, 5.41) is 0. The molecular formula is C14H15N3O2. The predicted octanol–water partition coefficient (Wildman–Crippen LogP) is 1.54. The highest BCUT2D eigenvalue weighted by Crippen LogP contribution is 2.16. The molecule has 0 radical (unpaired) electrons. The fraction of sp³-hybridized carbons (Fsp3) is 0.214. The quantitative estimate of drug-likeness (QED) is 0.662. The number of aromatic amines is 2. The van der Waals surface area contributed by atoms with Crippen molar-refractivity contribution in [1.82, 2.24) is 9.97 Å². The van der Waals surface area contributed by atoms with Crippen molar-refractivity contribution in [3.05, 3.63) is 57.9 Å². The Morgan fingerprint density at radius 1 is 1.05 bits per heavy atom. The standard InChI is InChI=1S/C14H15N3O2/c15-6-5-10-2-3-11(19-10)7-9-1-4-12-13(8-9)17-14(18)16-12/h1-4,8H,5-7,15H2,(H2,16,17,18). The lowest BCUT2D eigenvalue weighted by Crippen LogP contribution is -2.01. The lowest BCUT2D eigenvalue weighted by atomic mass is 10.1. The van der Waals surface area contributed by atoms with Gasteiger partial charge in [-0.1, -0.05) is 6.07 Å². The SMILES string of the molecule is NCCc1ccc(Cc2ccc3[nH]c(=O)[nH]c3c2)o1. The zero-order valence-electron chi connectivity index (χ0n) is 10.4. The number of imidazole rings is 1. The molecule has 0 atom stereocenters. The van der Waals surface area contributed by atoms with Gasteiger partial charge in [0, 0.05) is 12.8 Å². The molecular weight excluding hydrogens is 242 g/mol. The first-order valence-corrected chi connectivity index (χ1v) is 6.23. The van der Waals surface area contributed by atoms with E-state index in [0.717, 1.165) is 34.5 Å². The number of aromatic nitrogens is 2. The van der Waals surface area contributed by atoms with Gasteiger partial charge in [-0.05, 0) is 36.4 Å². The third kappa shape index (κ3) is 2.46. The molecule has 3 aromatic rings. The Bertz CT molecular complexity index is 751. The molecule has 2 aromatic heterocycles. The summed E-state index contributed by atoms with van der Waals surface area (Å²) >= 11 is 0. The summed E-state index contributed by atoms with van der Waals surface area (Å²) in [6.07, 6.45) is 1.46. The molecule has 19 heavy (non-hydrogen) atoms. The van der Waals surface area contributed by atoms with Crippen LogP contribution >= 0.6 is 0 Å². The van der Waals surface area contributed by atoms with Gasteiger partial charge in [-0.25, -0.2) is 4.79 Å². The molecule has 0 fully saturated rings. The Hall–Kier alpha value is -2.27. The van der Waals surface area contributed by atoms with Crippen LogP contribution in [0.15, 0.2) is 39.5 Å². The van der Waals surface area contributed by atoms with E-state index in [0.29, 0.717) is 13.0 Å². The largest absolute Gasteiger partial charge is 0.466 e. The van der Waals surface area contributed by atoms with E-state index in [2.05, 4.69) is 9.97 Å². The number of benzene rings is 1. The lowest BCUT2D eigenvalue weighted by molar-refractivity contribution is 0.474. The zero-order valence-corrected chi connectivity index (χ0v) is 10.4. The second-order valence-electron chi connectivity index (χ2n) is 4.54. The minimum Gasteiger partial charge on any atom is -0.466 e. The second-order valence-corrected chi connectivity index (χ2v) is 4.54. The number of rotatable bonds is 4. The molecule has 0 saturated carbocycles. The van der Waals surface area contributed by atoms with Gasteiger partial charge >= 0.3 is 5.69 Å². The van der Waals surface area contributed by atoms with Crippen LogP contribution < -0.4 is 11.4 Å². The van der Waals surface area contributed by atoms with Gasteiger partial charge in [0.1, 0.15) is 11.5 Å². The zero-order chi connectivity index (χ0) is 13.2. The molecule has 5 nitrogen and oxygen atoms in total. The first kappa shape index (κ1) is 11.8. The molecule has 98 valence electrons. The minimum atomic E-state index is -0.185. The maximum Gasteiger partial charge on any atom is 0.323 e. The van der Waals surface area contributed by atoms with Gasteiger partial charge in [0.15, 0.2) is 0 Å². The third-order valence-corrected chi connectivity index (χ3v) is 3.07. The minimum absolute atomic E-state index is 0.185. The summed E-state index contributed by atoms with van der Waals surface area (Å²) in [5.74, 6) is 1.81. The molecule has 2 heterocycles. The molecule has 0 saturated heterocycles. The van der Waals surface area contributed by atoms with Crippen LogP contribution in [-0.4, -0.2) is 16.5 Å². The van der Waals surface area contributed by atoms with Crippen molar-refractivity contribution in [2.24, 2.45) is 5.73 Å². The van der Waals surface area contributed by atoms with Gasteiger partial charge in [0.25, 0.3) is 0 Å². The summed E-state index contributed by atoms with van der Waals surface area (Å²) in [5.41, 5.74) is 8.03. The van der Waals surface area contributed by atoms with E-state index in [1.165, 1.54) is 0 Å². The maximum atomic E-state index is 11.2. The number of hydrogen-bond acceptors (Lipinski definition) is 3. The van der Waals surface area contributed by atoms with Crippen molar-refractivity contribution in [2.45, 2.75) is 12.8 Å². The normalized spacial score (nSPS) is 11.2. The summed E-state index contributed by atoms with van der Waals surface area (Å²) in [6, 6.07) is 9.76. The summed E-state index contributed by atoms with van der Waals surface area (Å²) in [6.45, 7) is 0.587. The molecule has 0 spiro atoms. The highest BCUT2D eigenvalue weighted by molar-refractivity contribution is 5.75. The van der Waals surface area contributed by atoms with Crippen molar-refractivity contribution in [3.63, 3.8) is 0 Å². The highest BCUT2D eigenvalue weighted by Gasteiger charge is 2.05. The Labute approximate surface area is 109 Å². The van der Waals surface area contributed by atoms with E-state index in [1.54, 1.807) is 0 Å². The van der Waals surface area contributed by atoms with Crippen LogP contribution in [0.3, 0.4) is 0 Å². The molecule has 0 aliphatic heterocycles. The Morgan fingerprint density at radius 2 is 1.84 bits per heavy atom. The first-order valence-electron chi connectivity index (χ1n) is 6.23. The molecule has 0 aliphatic carbocycles. The molecule has 0 unspecified atom stereocenters. The molecule has 5 heteroatoms. The van der Waals surface area contributed by atoms with E-state index >= 15 is 0 Å². The average molecular weight is 257 g/mol. The average Bonchev–Trinajstić information content (AvgIpc) is 2.95. The number of H-pyrrole nitrogens is 2. The first-order chi connectivity index (χ1) is 9.24. The highest BCUT2D eigenvalue weighted by atomic mass is 16.3. The van der Waals surface area contributed by atoms with Crippen molar-refractivity contribution in [3.8, 4) is 0 Å². The van der Waals surface area contributed by atoms with Crippen LogP contribution in [0.25, 0.3) is 11.0 Å². The van der Waals surface area contributed by atoms with Crippen LogP contribution in [0.2, 0.25) is 0 Å². The Morgan fingerprint density at radius 3 is 2.68 bits per heavy atom. The van der Waals surface area contributed by atoms with Crippen molar-refractivity contribution >= 4 is 11.0 Å². The lowest BCUT2D eigenvalue weighted by Gasteiger charge is -1.99. The summed E-state index contributed by atoms with van der Waals surface area (Å²) < 4.78 is 5.69. The second kappa shape index (κ2) is 4.78. The van der Waals surface area contributed by atoms with E-state index in [9.17, 15) is 4.79 Å². The van der Waals surface area contributed by atoms with Gasteiger partial charge in [0.05, 0.1) is 11.0 Å². The Balaban J connectivity index is 1.85. The number of fused-ring (bicyclic) bond motifs is 1. The topological polar surface area (TPSA) is 87.8 Å². The van der Waals surface area contributed by atoms with Gasteiger partial charge in [-0.3, -0.25) is 0 Å². The summed E-state index contributed by atoms with van der Waals surface area (Å²) in [7, 11) is 0.